The van der Waals surface area contributed by atoms with E-state index in [1.165, 1.54) is 12.3 Å². The van der Waals surface area contributed by atoms with Crippen LogP contribution in [0.25, 0.3) is 0 Å². The summed E-state index contributed by atoms with van der Waals surface area (Å²) in [5.74, 6) is -0.885. The van der Waals surface area contributed by atoms with Crippen LogP contribution in [0.15, 0.2) is 21.9 Å². The van der Waals surface area contributed by atoms with Crippen molar-refractivity contribution in [3.8, 4) is 0 Å². The zero-order chi connectivity index (χ0) is 22.5. The van der Waals surface area contributed by atoms with E-state index in [-0.39, 0.29) is 17.2 Å². The maximum atomic E-state index is 12.1. The number of aromatic nitrogens is 2. The molecule has 0 unspecified atom stereocenters. The standard InChI is InChI=1S/C18H22N8O6/c19-17-16(22-32-23-17)18(27)21-20-11-12-9-15(26(28)29)14(25-3-7-31-8-4-25)10-13(12)24-1-5-30-6-2-24/h9-11H,1-8H2,(H2,19,23)(H,21,27)/b20-11+. The van der Waals surface area contributed by atoms with Gasteiger partial charge in [-0.2, -0.15) is 5.10 Å². The molecule has 1 aromatic heterocycles. The number of carbonyl (C=O) groups excluding carboxylic acids is 1. The lowest BCUT2D eigenvalue weighted by atomic mass is 10.1. The van der Waals surface area contributed by atoms with Crippen molar-refractivity contribution in [3.63, 3.8) is 0 Å². The van der Waals surface area contributed by atoms with Gasteiger partial charge in [-0.1, -0.05) is 0 Å². The molecule has 0 spiro atoms. The third-order valence-corrected chi connectivity index (χ3v) is 5.12. The third kappa shape index (κ3) is 4.60. The Morgan fingerprint density at radius 2 is 1.72 bits per heavy atom. The van der Waals surface area contributed by atoms with Gasteiger partial charge < -0.3 is 25.0 Å². The molecule has 4 rings (SSSR count). The van der Waals surface area contributed by atoms with Crippen LogP contribution in [0.4, 0.5) is 22.9 Å². The van der Waals surface area contributed by atoms with Crippen molar-refractivity contribution in [2.24, 2.45) is 5.10 Å². The quantitative estimate of drug-likeness (QED) is 0.347. The molecule has 1 amide bonds. The Bertz CT molecular complexity index is 1010. The zero-order valence-corrected chi connectivity index (χ0v) is 17.1. The van der Waals surface area contributed by atoms with Crippen LogP contribution in [0.1, 0.15) is 16.1 Å². The predicted molar refractivity (Wildman–Crippen MR) is 113 cm³/mol. The van der Waals surface area contributed by atoms with Crippen molar-refractivity contribution in [3.05, 3.63) is 33.5 Å². The topological polar surface area (TPSA) is 174 Å². The van der Waals surface area contributed by atoms with Crippen molar-refractivity contribution in [1.82, 2.24) is 15.7 Å². The number of nitrogen functional groups attached to an aromatic ring is 1. The van der Waals surface area contributed by atoms with Gasteiger partial charge in [0.25, 0.3) is 11.6 Å². The Kier molecular flexibility index (Phi) is 6.42. The highest BCUT2D eigenvalue weighted by molar-refractivity contribution is 5.97. The summed E-state index contributed by atoms with van der Waals surface area (Å²) in [6.45, 7) is 4.42. The summed E-state index contributed by atoms with van der Waals surface area (Å²) in [6.07, 6.45) is 1.35. The molecule has 2 aromatic rings. The fourth-order valence-electron chi connectivity index (χ4n) is 3.53. The molecule has 170 valence electrons. The maximum Gasteiger partial charge on any atom is 0.297 e. The van der Waals surface area contributed by atoms with Crippen LogP contribution in [0.5, 0.6) is 0 Å². The first-order valence-corrected chi connectivity index (χ1v) is 9.94. The zero-order valence-electron chi connectivity index (χ0n) is 17.1. The number of ether oxygens (including phenoxy) is 2. The lowest BCUT2D eigenvalue weighted by Gasteiger charge is -2.33. The van der Waals surface area contributed by atoms with Crippen molar-refractivity contribution in [2.75, 3.05) is 68.1 Å². The van der Waals surface area contributed by atoms with Crippen LogP contribution in [0, 0.1) is 10.1 Å². The Balaban J connectivity index is 1.67. The van der Waals surface area contributed by atoms with E-state index in [1.807, 2.05) is 4.90 Å². The second-order valence-electron chi connectivity index (χ2n) is 7.05. The van der Waals surface area contributed by atoms with Gasteiger partial charge in [0.15, 0.2) is 0 Å². The summed E-state index contributed by atoms with van der Waals surface area (Å²) in [5, 5.41) is 22.5. The van der Waals surface area contributed by atoms with E-state index in [0.29, 0.717) is 63.9 Å². The van der Waals surface area contributed by atoms with E-state index in [9.17, 15) is 14.9 Å². The predicted octanol–water partition coefficient (Wildman–Crippen LogP) is -0.00290. The molecule has 2 saturated heterocycles. The summed E-state index contributed by atoms with van der Waals surface area (Å²) >= 11 is 0. The molecular formula is C18H22N8O6. The first-order chi connectivity index (χ1) is 15.5. The van der Waals surface area contributed by atoms with Crippen molar-refractivity contribution < 1.29 is 23.8 Å². The van der Waals surface area contributed by atoms with E-state index < -0.39 is 10.8 Å². The van der Waals surface area contributed by atoms with Crippen molar-refractivity contribution in [2.45, 2.75) is 0 Å². The van der Waals surface area contributed by atoms with Gasteiger partial charge in [0.2, 0.25) is 11.5 Å². The largest absolute Gasteiger partial charge is 0.379 e. The number of amides is 1. The van der Waals surface area contributed by atoms with Crippen LogP contribution in [0.2, 0.25) is 0 Å². The fraction of sp³-hybridized carbons (Fsp3) is 0.444. The maximum absolute atomic E-state index is 12.1. The molecule has 3 N–H and O–H groups in total. The molecule has 32 heavy (non-hydrogen) atoms. The van der Waals surface area contributed by atoms with Crippen LogP contribution < -0.4 is 21.0 Å². The average molecular weight is 446 g/mol. The van der Waals surface area contributed by atoms with E-state index >= 15 is 0 Å². The lowest BCUT2D eigenvalue weighted by molar-refractivity contribution is -0.384. The van der Waals surface area contributed by atoms with Gasteiger partial charge in [-0.25, -0.2) is 10.1 Å². The fourth-order valence-corrected chi connectivity index (χ4v) is 3.53. The number of nitrogens with two attached hydrogens (primary N) is 1. The number of rotatable bonds is 6. The van der Waals surface area contributed by atoms with E-state index in [4.69, 9.17) is 15.2 Å². The average Bonchev–Trinajstić information content (AvgIpc) is 3.25. The smallest absolute Gasteiger partial charge is 0.297 e. The molecule has 3 heterocycles. The van der Waals surface area contributed by atoms with Gasteiger partial charge in [0.05, 0.1) is 37.6 Å². The minimum absolute atomic E-state index is 0.0540. The Labute approximate surface area is 182 Å². The Hall–Kier alpha value is -3.78. The Morgan fingerprint density at radius 1 is 1.09 bits per heavy atom. The van der Waals surface area contributed by atoms with Gasteiger partial charge in [0, 0.05) is 43.5 Å². The number of carbonyl (C=O) groups is 1. The summed E-state index contributed by atoms with van der Waals surface area (Å²) in [6, 6.07) is 3.24. The van der Waals surface area contributed by atoms with E-state index in [2.05, 4.69) is 30.4 Å². The number of nitro groups is 1. The third-order valence-electron chi connectivity index (χ3n) is 5.12. The molecule has 0 bridgehead atoms. The highest BCUT2D eigenvalue weighted by atomic mass is 16.6. The van der Waals surface area contributed by atoms with Gasteiger partial charge in [-0.3, -0.25) is 14.9 Å². The summed E-state index contributed by atoms with van der Waals surface area (Å²) in [5.41, 5.74) is 9.26. The highest BCUT2D eigenvalue weighted by Crippen LogP contribution is 2.36. The number of hydrogen-bond acceptors (Lipinski definition) is 12. The van der Waals surface area contributed by atoms with Gasteiger partial charge in [-0.15, -0.1) is 0 Å². The number of hydrazone groups is 1. The molecule has 0 saturated carbocycles. The van der Waals surface area contributed by atoms with Crippen LogP contribution in [-0.2, 0) is 9.47 Å². The molecule has 2 fully saturated rings. The number of nitro benzene ring substituents is 1. The first kappa shape index (κ1) is 21.5. The number of benzene rings is 1. The van der Waals surface area contributed by atoms with Gasteiger partial charge in [-0.05, 0) is 16.4 Å². The monoisotopic (exact) mass is 446 g/mol. The summed E-state index contributed by atoms with van der Waals surface area (Å²) < 4.78 is 15.2. The minimum Gasteiger partial charge on any atom is -0.379 e. The lowest BCUT2D eigenvalue weighted by Crippen LogP contribution is -2.38. The van der Waals surface area contributed by atoms with Gasteiger partial charge in [0.1, 0.15) is 5.69 Å². The van der Waals surface area contributed by atoms with Crippen LogP contribution in [0.3, 0.4) is 0 Å². The van der Waals surface area contributed by atoms with Crippen LogP contribution in [-0.4, -0.2) is 80.0 Å². The van der Waals surface area contributed by atoms with Crippen molar-refractivity contribution in [1.29, 1.82) is 0 Å². The molecule has 1 aromatic carbocycles. The van der Waals surface area contributed by atoms with Crippen LogP contribution >= 0.6 is 0 Å². The van der Waals surface area contributed by atoms with Crippen molar-refractivity contribution >= 4 is 35.0 Å². The molecule has 0 radical (unpaired) electrons. The summed E-state index contributed by atoms with van der Waals surface area (Å²) in [4.78, 5) is 27.5. The molecule has 2 aliphatic heterocycles. The number of hydrogen-bond donors (Lipinski definition) is 2. The van der Waals surface area contributed by atoms with E-state index in [1.54, 1.807) is 6.07 Å². The molecule has 14 heteroatoms. The first-order valence-electron chi connectivity index (χ1n) is 9.94. The number of nitrogens with zero attached hydrogens (tertiary/aromatic N) is 6. The second-order valence-corrected chi connectivity index (χ2v) is 7.05. The SMILES string of the molecule is Nc1nonc1C(=O)N/N=C/c1cc([N+](=O)[O-])c(N2CCOCC2)cc1N1CCOCC1. The van der Waals surface area contributed by atoms with Gasteiger partial charge >= 0.3 is 0 Å². The summed E-state index contributed by atoms with van der Waals surface area (Å²) in [7, 11) is 0. The molecular weight excluding hydrogens is 424 g/mol. The number of anilines is 3. The normalized spacial score (nSPS) is 17.0. The molecule has 2 aliphatic rings. The number of nitrogens with one attached hydrogen (secondary N) is 1. The Morgan fingerprint density at radius 3 is 2.28 bits per heavy atom. The number of morpholine rings is 2. The molecule has 0 aliphatic carbocycles. The molecule has 14 nitrogen and oxygen atoms in total. The molecule has 0 atom stereocenters. The van der Waals surface area contributed by atoms with E-state index in [0.717, 1.165) is 5.69 Å². The minimum atomic E-state index is -0.715. The second kappa shape index (κ2) is 9.57. The highest BCUT2D eigenvalue weighted by Gasteiger charge is 2.26.